The van der Waals surface area contributed by atoms with Gasteiger partial charge < -0.3 is 10.1 Å². The zero-order valence-electron chi connectivity index (χ0n) is 17.0. The molecule has 1 aromatic carbocycles. The second kappa shape index (κ2) is 9.90. The fourth-order valence-electron chi connectivity index (χ4n) is 2.87. The van der Waals surface area contributed by atoms with Crippen LogP contribution in [0.3, 0.4) is 0 Å². The zero-order valence-corrected chi connectivity index (χ0v) is 18.6. The molecule has 0 fully saturated rings. The van der Waals surface area contributed by atoms with Gasteiger partial charge in [0.2, 0.25) is 5.91 Å². The standard InChI is InChI=1S/C21H23N3O4S2/c1-4-13(3)24-19(26)18-16(10-11-29-18)23-21(24)30-12-17(25)22-15-9-7-6-8-14(15)20(27)28-5-2/h6-11,13H,4-5,12H2,1-3H3,(H,22,25)/t13-/m0/s1. The minimum Gasteiger partial charge on any atom is -0.462 e. The molecule has 158 valence electrons. The van der Waals surface area contributed by atoms with E-state index < -0.39 is 5.97 Å². The van der Waals surface area contributed by atoms with Gasteiger partial charge in [-0.15, -0.1) is 11.3 Å². The maximum Gasteiger partial charge on any atom is 0.340 e. The number of para-hydroxylation sites is 1. The Bertz CT molecular complexity index is 1120. The molecule has 3 rings (SSSR count). The lowest BCUT2D eigenvalue weighted by Gasteiger charge is -2.17. The third-order valence-electron chi connectivity index (χ3n) is 4.54. The van der Waals surface area contributed by atoms with Crippen LogP contribution in [0.1, 0.15) is 43.6 Å². The minimum atomic E-state index is -0.490. The fourth-order valence-corrected chi connectivity index (χ4v) is 4.54. The van der Waals surface area contributed by atoms with E-state index in [1.165, 1.54) is 23.1 Å². The van der Waals surface area contributed by atoms with Crippen LogP contribution in [0, 0.1) is 0 Å². The van der Waals surface area contributed by atoms with Gasteiger partial charge >= 0.3 is 5.97 Å². The molecule has 0 saturated heterocycles. The predicted octanol–water partition coefficient (Wildman–Crippen LogP) is 4.34. The molecule has 0 unspecified atom stereocenters. The molecule has 0 radical (unpaired) electrons. The van der Waals surface area contributed by atoms with Gasteiger partial charge in [0.15, 0.2) is 5.16 Å². The Morgan fingerprint density at radius 1 is 1.27 bits per heavy atom. The molecule has 3 aromatic rings. The number of benzene rings is 1. The second-order valence-electron chi connectivity index (χ2n) is 6.56. The normalized spacial score (nSPS) is 12.0. The van der Waals surface area contributed by atoms with Gasteiger partial charge in [0.25, 0.3) is 5.56 Å². The van der Waals surface area contributed by atoms with Crippen LogP contribution in [0.15, 0.2) is 45.7 Å². The number of aromatic nitrogens is 2. The van der Waals surface area contributed by atoms with E-state index in [4.69, 9.17) is 4.74 Å². The number of hydrogen-bond donors (Lipinski definition) is 1. The first-order valence-electron chi connectivity index (χ1n) is 9.64. The Morgan fingerprint density at radius 3 is 2.77 bits per heavy atom. The summed E-state index contributed by atoms with van der Waals surface area (Å²) in [5.41, 5.74) is 1.24. The quantitative estimate of drug-likeness (QED) is 0.315. The molecule has 1 N–H and O–H groups in total. The first-order chi connectivity index (χ1) is 14.5. The van der Waals surface area contributed by atoms with Gasteiger partial charge in [-0.25, -0.2) is 9.78 Å². The molecular weight excluding hydrogens is 422 g/mol. The maximum absolute atomic E-state index is 12.9. The van der Waals surface area contributed by atoms with Crippen LogP contribution in [-0.4, -0.2) is 33.8 Å². The number of amides is 1. The van der Waals surface area contributed by atoms with Gasteiger partial charge in [-0.2, -0.15) is 0 Å². The molecule has 30 heavy (non-hydrogen) atoms. The summed E-state index contributed by atoms with van der Waals surface area (Å²) in [7, 11) is 0. The number of carbonyl (C=O) groups is 2. The summed E-state index contributed by atoms with van der Waals surface area (Å²) < 4.78 is 7.31. The molecule has 2 aromatic heterocycles. The average Bonchev–Trinajstić information content (AvgIpc) is 3.21. The van der Waals surface area contributed by atoms with E-state index in [-0.39, 0.29) is 29.9 Å². The first-order valence-corrected chi connectivity index (χ1v) is 11.5. The lowest BCUT2D eigenvalue weighted by atomic mass is 10.2. The summed E-state index contributed by atoms with van der Waals surface area (Å²) in [6.07, 6.45) is 0.769. The number of thiophene rings is 1. The monoisotopic (exact) mass is 445 g/mol. The fraction of sp³-hybridized carbons (Fsp3) is 0.333. The van der Waals surface area contributed by atoms with E-state index in [9.17, 15) is 14.4 Å². The van der Waals surface area contributed by atoms with Gasteiger partial charge in [0.05, 0.1) is 29.1 Å². The molecule has 2 heterocycles. The summed E-state index contributed by atoms with van der Waals surface area (Å²) in [4.78, 5) is 42.2. The number of fused-ring (bicyclic) bond motifs is 1. The highest BCUT2D eigenvalue weighted by molar-refractivity contribution is 7.99. The van der Waals surface area contributed by atoms with Crippen LogP contribution in [0.4, 0.5) is 5.69 Å². The molecule has 0 saturated carbocycles. The number of anilines is 1. The number of ether oxygens (including phenoxy) is 1. The summed E-state index contributed by atoms with van der Waals surface area (Å²) >= 11 is 2.57. The Morgan fingerprint density at radius 2 is 2.03 bits per heavy atom. The molecule has 1 amide bonds. The molecule has 0 aliphatic carbocycles. The maximum atomic E-state index is 12.9. The Labute approximate surface area is 182 Å². The van der Waals surface area contributed by atoms with Crippen molar-refractivity contribution in [2.24, 2.45) is 0 Å². The molecule has 0 aliphatic rings. The van der Waals surface area contributed by atoms with Crippen molar-refractivity contribution >= 4 is 50.9 Å². The van der Waals surface area contributed by atoms with Crippen LogP contribution < -0.4 is 10.9 Å². The smallest absolute Gasteiger partial charge is 0.340 e. The molecule has 7 nitrogen and oxygen atoms in total. The summed E-state index contributed by atoms with van der Waals surface area (Å²) in [6.45, 7) is 5.94. The Hall–Kier alpha value is -2.65. The number of nitrogens with one attached hydrogen (secondary N) is 1. The predicted molar refractivity (Wildman–Crippen MR) is 121 cm³/mol. The van der Waals surface area contributed by atoms with E-state index in [1.54, 1.807) is 35.8 Å². The highest BCUT2D eigenvalue weighted by Crippen LogP contribution is 2.25. The van der Waals surface area contributed by atoms with Gasteiger partial charge in [-0.3, -0.25) is 14.2 Å². The van der Waals surface area contributed by atoms with E-state index in [1.807, 2.05) is 25.3 Å². The molecule has 1 atom stereocenters. The van der Waals surface area contributed by atoms with E-state index in [0.29, 0.717) is 26.6 Å². The number of carbonyl (C=O) groups excluding carboxylic acids is 2. The number of thioether (sulfide) groups is 1. The van der Waals surface area contributed by atoms with Crippen LogP contribution in [0.2, 0.25) is 0 Å². The second-order valence-corrected chi connectivity index (χ2v) is 8.42. The van der Waals surface area contributed by atoms with Crippen LogP contribution in [-0.2, 0) is 9.53 Å². The van der Waals surface area contributed by atoms with Gasteiger partial charge in [-0.05, 0) is 43.8 Å². The summed E-state index contributed by atoms with van der Waals surface area (Å²) in [6, 6.07) is 8.47. The first kappa shape index (κ1) is 22.0. The largest absolute Gasteiger partial charge is 0.462 e. The highest BCUT2D eigenvalue weighted by Gasteiger charge is 2.18. The van der Waals surface area contributed by atoms with Crippen molar-refractivity contribution in [3.63, 3.8) is 0 Å². The number of esters is 1. The Kier molecular flexibility index (Phi) is 7.28. The van der Waals surface area contributed by atoms with Gasteiger partial charge in [-0.1, -0.05) is 30.8 Å². The molecule has 9 heteroatoms. The number of nitrogens with zero attached hydrogens (tertiary/aromatic N) is 2. The molecule has 0 spiro atoms. The third kappa shape index (κ3) is 4.73. The van der Waals surface area contributed by atoms with E-state index in [0.717, 1.165) is 6.42 Å². The number of hydrogen-bond acceptors (Lipinski definition) is 7. The van der Waals surface area contributed by atoms with Crippen LogP contribution >= 0.6 is 23.1 Å². The van der Waals surface area contributed by atoms with Crippen molar-refractivity contribution in [1.82, 2.24) is 9.55 Å². The van der Waals surface area contributed by atoms with Crippen LogP contribution in [0.5, 0.6) is 0 Å². The van der Waals surface area contributed by atoms with Crippen LogP contribution in [0.25, 0.3) is 10.2 Å². The van der Waals surface area contributed by atoms with Gasteiger partial charge in [0, 0.05) is 6.04 Å². The molecule has 0 bridgehead atoms. The summed E-state index contributed by atoms with van der Waals surface area (Å²) in [5.74, 6) is -0.737. The topological polar surface area (TPSA) is 90.3 Å². The van der Waals surface area contributed by atoms with Crippen molar-refractivity contribution in [2.45, 2.75) is 38.4 Å². The molecular formula is C21H23N3O4S2. The van der Waals surface area contributed by atoms with Crippen molar-refractivity contribution in [2.75, 3.05) is 17.7 Å². The Balaban J connectivity index is 1.80. The summed E-state index contributed by atoms with van der Waals surface area (Å²) in [5, 5.41) is 5.11. The lowest BCUT2D eigenvalue weighted by molar-refractivity contribution is -0.113. The third-order valence-corrected chi connectivity index (χ3v) is 6.38. The number of rotatable bonds is 8. The van der Waals surface area contributed by atoms with Crippen molar-refractivity contribution in [1.29, 1.82) is 0 Å². The average molecular weight is 446 g/mol. The van der Waals surface area contributed by atoms with Crippen molar-refractivity contribution < 1.29 is 14.3 Å². The lowest BCUT2D eigenvalue weighted by Crippen LogP contribution is -2.26. The zero-order chi connectivity index (χ0) is 21.7. The van der Waals surface area contributed by atoms with Gasteiger partial charge in [0.1, 0.15) is 4.70 Å². The van der Waals surface area contributed by atoms with Crippen molar-refractivity contribution in [3.8, 4) is 0 Å². The van der Waals surface area contributed by atoms with E-state index >= 15 is 0 Å². The van der Waals surface area contributed by atoms with E-state index in [2.05, 4.69) is 10.3 Å². The minimum absolute atomic E-state index is 0.0356. The highest BCUT2D eigenvalue weighted by atomic mass is 32.2. The SMILES string of the molecule is CCOC(=O)c1ccccc1NC(=O)CSc1nc2ccsc2c(=O)n1[C@@H](C)CC. The van der Waals surface area contributed by atoms with Crippen molar-refractivity contribution in [3.05, 3.63) is 51.6 Å². The molecule has 0 aliphatic heterocycles.